The van der Waals surface area contributed by atoms with Crippen molar-refractivity contribution in [3.05, 3.63) is 87.5 Å². The smallest absolute Gasteiger partial charge is 0.263 e. The fraction of sp³-hybridized carbons (Fsp3) is 0.375. The fourth-order valence-electron chi connectivity index (χ4n) is 7.44. The number of pyridine rings is 1. The third-order valence-electron chi connectivity index (χ3n) is 10.5. The summed E-state index contributed by atoms with van der Waals surface area (Å²) in [6.45, 7) is 2.95. The van der Waals surface area contributed by atoms with Gasteiger partial charge in [-0.15, -0.1) is 11.8 Å². The number of thioether (sulfide) groups is 1. The summed E-state index contributed by atoms with van der Waals surface area (Å²) in [4.78, 5) is 71.4. The van der Waals surface area contributed by atoms with E-state index in [2.05, 4.69) is 15.4 Å². The molecule has 57 heavy (non-hydrogen) atoms. The van der Waals surface area contributed by atoms with E-state index in [4.69, 9.17) is 33.7 Å². The number of nitrogens with zero attached hydrogens (tertiary/aromatic N) is 5. The van der Waals surface area contributed by atoms with Crippen molar-refractivity contribution in [2.24, 2.45) is 0 Å². The lowest BCUT2D eigenvalue weighted by Crippen LogP contribution is -2.54. The molecule has 0 bridgehead atoms. The van der Waals surface area contributed by atoms with Crippen LogP contribution in [-0.4, -0.2) is 79.0 Å². The molecule has 4 aromatic rings. The molecular weight excluding hydrogens is 796 g/mol. The van der Waals surface area contributed by atoms with Crippen LogP contribution in [-0.2, 0) is 14.4 Å². The summed E-state index contributed by atoms with van der Waals surface area (Å²) in [5.41, 5.74) is 8.54. The predicted molar refractivity (Wildman–Crippen MR) is 212 cm³/mol. The lowest BCUT2D eigenvalue weighted by atomic mass is 10.0. The van der Waals surface area contributed by atoms with Crippen molar-refractivity contribution in [3.8, 4) is 16.9 Å². The maximum atomic E-state index is 14.1. The van der Waals surface area contributed by atoms with E-state index in [1.54, 1.807) is 43.6 Å². The van der Waals surface area contributed by atoms with Crippen molar-refractivity contribution in [2.75, 3.05) is 24.6 Å². The first-order valence-electron chi connectivity index (χ1n) is 18.8. The number of ether oxygens (including phenoxy) is 1. The summed E-state index contributed by atoms with van der Waals surface area (Å²) in [6.07, 6.45) is 9.12. The molecule has 0 radical (unpaired) electrons. The largest absolute Gasteiger partial charge is 0.482 e. The Hall–Kier alpha value is -4.99. The normalized spacial score (nSPS) is 17.9. The molecule has 2 saturated heterocycles. The monoisotopic (exact) mass is 835 g/mol. The van der Waals surface area contributed by atoms with Gasteiger partial charge < -0.3 is 15.4 Å². The maximum absolute atomic E-state index is 14.1. The van der Waals surface area contributed by atoms with Gasteiger partial charge in [0.25, 0.3) is 11.8 Å². The highest BCUT2D eigenvalue weighted by atomic mass is 35.5. The van der Waals surface area contributed by atoms with Gasteiger partial charge in [-0.1, -0.05) is 35.7 Å². The van der Waals surface area contributed by atoms with Crippen LogP contribution in [0.25, 0.3) is 11.1 Å². The predicted octanol–water partition coefficient (Wildman–Crippen LogP) is 7.03. The molecule has 0 spiro atoms. The Morgan fingerprint density at radius 3 is 2.60 bits per heavy atom. The van der Waals surface area contributed by atoms with Gasteiger partial charge in [0.2, 0.25) is 17.7 Å². The number of nitrogens with two attached hydrogens (primary N) is 1. The molecule has 2 atom stereocenters. The molecule has 3 aliphatic rings. The van der Waals surface area contributed by atoms with Gasteiger partial charge in [0.05, 0.1) is 28.4 Å². The lowest BCUT2D eigenvalue weighted by Gasteiger charge is -2.32. The van der Waals surface area contributed by atoms with Gasteiger partial charge >= 0.3 is 0 Å². The molecule has 0 saturated carbocycles. The topological polar surface area (TPSA) is 170 Å². The summed E-state index contributed by atoms with van der Waals surface area (Å²) in [5, 5.41) is 6.98. The number of benzene rings is 2. The minimum Gasteiger partial charge on any atom is -0.482 e. The van der Waals surface area contributed by atoms with Crippen LogP contribution in [0.3, 0.4) is 0 Å². The minimum absolute atomic E-state index is 0.0673. The van der Waals surface area contributed by atoms with E-state index in [1.165, 1.54) is 23.9 Å². The highest BCUT2D eigenvalue weighted by molar-refractivity contribution is 7.99. The summed E-state index contributed by atoms with van der Waals surface area (Å²) in [6, 6.07) is 8.59. The van der Waals surface area contributed by atoms with E-state index < -0.39 is 41.6 Å². The first-order chi connectivity index (χ1) is 27.4. The van der Waals surface area contributed by atoms with Crippen molar-refractivity contribution in [3.63, 3.8) is 0 Å². The second-order valence-corrected chi connectivity index (χ2v) is 16.2. The van der Waals surface area contributed by atoms with Gasteiger partial charge in [0.1, 0.15) is 18.0 Å². The molecule has 5 amide bonds. The zero-order valence-corrected chi connectivity index (χ0v) is 33.3. The number of aromatic nitrogens is 3. The number of rotatable bonds is 13. The maximum Gasteiger partial charge on any atom is 0.263 e. The molecule has 2 aromatic carbocycles. The highest BCUT2D eigenvalue weighted by Gasteiger charge is 2.45. The van der Waals surface area contributed by atoms with E-state index in [0.29, 0.717) is 47.0 Å². The second kappa shape index (κ2) is 17.2. The number of piperidine rings is 2. The Morgan fingerprint density at radius 2 is 1.82 bits per heavy atom. The van der Waals surface area contributed by atoms with Crippen molar-refractivity contribution in [1.82, 2.24) is 29.9 Å². The summed E-state index contributed by atoms with van der Waals surface area (Å²) in [7, 11) is 0. The van der Waals surface area contributed by atoms with E-state index >= 15 is 0 Å². The van der Waals surface area contributed by atoms with E-state index in [1.807, 2.05) is 15.8 Å². The average molecular weight is 837 g/mol. The number of likely N-dealkylation sites (tertiary alicyclic amines) is 1. The van der Waals surface area contributed by atoms with Crippen molar-refractivity contribution < 1.29 is 33.1 Å². The van der Waals surface area contributed by atoms with Crippen LogP contribution in [0.15, 0.2) is 59.9 Å². The number of nitrogens with one attached hydrogen (secondary N) is 1. The summed E-state index contributed by atoms with van der Waals surface area (Å²) in [5.74, 6) is -1.41. The van der Waals surface area contributed by atoms with E-state index in [0.717, 1.165) is 48.1 Å². The van der Waals surface area contributed by atoms with Crippen molar-refractivity contribution in [2.45, 2.75) is 81.4 Å². The third kappa shape index (κ3) is 8.51. The Labute approximate surface area is 342 Å². The molecule has 7 rings (SSSR count). The quantitative estimate of drug-likeness (QED) is 0.0617. The van der Waals surface area contributed by atoms with Crippen molar-refractivity contribution in [1.29, 1.82) is 0 Å². The minimum atomic E-state index is -1.00. The Morgan fingerprint density at radius 1 is 1.04 bits per heavy atom. The number of imide groups is 2. The number of hydrogen-bond donors (Lipinski definition) is 2. The molecule has 3 N–H and O–H groups in total. The number of hydrogen-bond acceptors (Lipinski definition) is 10. The Kier molecular flexibility index (Phi) is 12.2. The number of carbonyl (C=O) groups excluding carboxylic acids is 5. The SMILES string of the molecule is CC(Oc1cc(-c2cnn(C3CCN(C(=O)CCCCCSc4cccc5c4C(=O)N(C4CCC(=O)NC4=O)C5=O)CC3)c2)cnc1N)c1c(Cl)ccc(F)c1Cl. The molecule has 17 heteroatoms. The standard InChI is InChI=1S/C40H40Cl2FN7O6S/c1-22(34-27(41)9-10-28(43)36(34)42)56-30-18-23(19-45-37(30)44)24-20-46-49(21-24)25-13-15-48(16-14-25)33(52)8-3-2-4-17-57-31-7-5-6-26-35(31)40(55)50(39(26)54)29-11-12-32(51)47-38(29)53/h5-7,9-10,18-22,25,29H,2-4,8,11-17H2,1H3,(H2,44,45)(H,47,51,53). The van der Waals surface area contributed by atoms with E-state index in [9.17, 15) is 28.4 Å². The van der Waals surface area contributed by atoms with Gasteiger partial charge in [-0.3, -0.25) is 38.9 Å². The van der Waals surface area contributed by atoms with Gasteiger partial charge in [0.15, 0.2) is 11.6 Å². The first kappa shape index (κ1) is 40.2. The average Bonchev–Trinajstić information content (AvgIpc) is 3.79. The lowest BCUT2D eigenvalue weighted by molar-refractivity contribution is -0.136. The van der Waals surface area contributed by atoms with Crippen LogP contribution in [0.5, 0.6) is 5.75 Å². The Bertz CT molecular complexity index is 2250. The van der Waals surface area contributed by atoms with Crippen LogP contribution in [0, 0.1) is 5.82 Å². The van der Waals surface area contributed by atoms with Crippen LogP contribution in [0.1, 0.15) is 96.7 Å². The molecule has 2 unspecified atom stereocenters. The zero-order valence-electron chi connectivity index (χ0n) is 31.0. The molecule has 3 aliphatic heterocycles. The molecule has 5 heterocycles. The van der Waals surface area contributed by atoms with E-state index in [-0.39, 0.29) is 46.2 Å². The zero-order chi connectivity index (χ0) is 40.4. The number of halogens is 3. The molecule has 13 nitrogen and oxygen atoms in total. The second-order valence-electron chi connectivity index (χ2n) is 14.2. The first-order valence-corrected chi connectivity index (χ1v) is 20.5. The highest BCUT2D eigenvalue weighted by Crippen LogP contribution is 2.38. The van der Waals surface area contributed by atoms with Crippen LogP contribution in [0.2, 0.25) is 10.0 Å². The van der Waals surface area contributed by atoms with Gasteiger partial charge in [-0.05, 0) is 75.1 Å². The number of unbranched alkanes of at least 4 members (excludes halogenated alkanes) is 2. The van der Waals surface area contributed by atoms with Crippen LogP contribution >= 0.6 is 35.0 Å². The van der Waals surface area contributed by atoms with Crippen LogP contribution < -0.4 is 15.8 Å². The molecular formula is C40H40Cl2FN7O6S. The summed E-state index contributed by atoms with van der Waals surface area (Å²) < 4.78 is 22.1. The Balaban J connectivity index is 0.851. The number of amides is 5. The third-order valence-corrected chi connectivity index (χ3v) is 12.4. The van der Waals surface area contributed by atoms with Crippen LogP contribution in [0.4, 0.5) is 10.2 Å². The number of nitrogen functional groups attached to an aromatic ring is 1. The molecule has 2 fully saturated rings. The number of anilines is 1. The molecule has 298 valence electrons. The van der Waals surface area contributed by atoms with Gasteiger partial charge in [-0.2, -0.15) is 5.10 Å². The van der Waals surface area contributed by atoms with Crippen molar-refractivity contribution >= 4 is 70.3 Å². The number of fused-ring (bicyclic) bond motifs is 1. The van der Waals surface area contributed by atoms with Gasteiger partial charge in [-0.25, -0.2) is 9.37 Å². The van der Waals surface area contributed by atoms with Gasteiger partial charge in [0, 0.05) is 64.9 Å². The molecule has 0 aliphatic carbocycles. The number of carbonyl (C=O) groups is 5. The summed E-state index contributed by atoms with van der Waals surface area (Å²) >= 11 is 14.0. The molecule has 2 aromatic heterocycles. The fourth-order valence-corrected chi connectivity index (χ4v) is 9.20.